The Balaban J connectivity index is 1.48. The second kappa shape index (κ2) is 8.20. The fraction of sp³-hybridized carbons (Fsp3) is 0.522. The Morgan fingerprint density at radius 3 is 2.26 bits per heavy atom. The standard InChI is InChI=1S/C23H29NO3/c1-23(2,3)19-10-6-17(7-11-19)14-21(25)18-8-4-16(5-9-18)15-22(26)20-12-13-27-24-20/h6-7,10-13,16,18H,4-5,8-9,14-15H2,1-3H3. The molecule has 1 aliphatic carbocycles. The monoisotopic (exact) mass is 367 g/mol. The first-order valence-corrected chi connectivity index (χ1v) is 9.88. The first kappa shape index (κ1) is 19.5. The van der Waals surface area contributed by atoms with Crippen molar-refractivity contribution in [1.29, 1.82) is 0 Å². The van der Waals surface area contributed by atoms with Crippen LogP contribution >= 0.6 is 0 Å². The van der Waals surface area contributed by atoms with Crippen LogP contribution in [0.1, 0.15) is 74.5 Å². The largest absolute Gasteiger partial charge is 0.364 e. The number of carbonyl (C=O) groups excluding carboxylic acids is 2. The van der Waals surface area contributed by atoms with Gasteiger partial charge in [0.15, 0.2) is 5.78 Å². The molecule has 0 saturated heterocycles. The van der Waals surface area contributed by atoms with Crippen molar-refractivity contribution in [3.05, 3.63) is 53.4 Å². The lowest BCUT2D eigenvalue weighted by atomic mass is 9.77. The topological polar surface area (TPSA) is 60.2 Å². The number of rotatable bonds is 6. The third-order valence-electron chi connectivity index (χ3n) is 5.70. The van der Waals surface area contributed by atoms with Crippen molar-refractivity contribution in [2.24, 2.45) is 11.8 Å². The summed E-state index contributed by atoms with van der Waals surface area (Å²) in [6.45, 7) is 6.58. The molecule has 1 aromatic carbocycles. The van der Waals surface area contributed by atoms with Gasteiger partial charge in [0.05, 0.1) is 0 Å². The van der Waals surface area contributed by atoms with Gasteiger partial charge in [0.25, 0.3) is 0 Å². The molecule has 1 aliphatic rings. The first-order valence-electron chi connectivity index (χ1n) is 9.88. The fourth-order valence-corrected chi connectivity index (χ4v) is 3.88. The number of nitrogens with zero attached hydrogens (tertiary/aromatic N) is 1. The van der Waals surface area contributed by atoms with Gasteiger partial charge >= 0.3 is 0 Å². The Morgan fingerprint density at radius 1 is 1.04 bits per heavy atom. The normalized spacial score (nSPS) is 20.4. The zero-order chi connectivity index (χ0) is 19.4. The number of aromatic nitrogens is 1. The van der Waals surface area contributed by atoms with Gasteiger partial charge in [-0.1, -0.05) is 50.2 Å². The SMILES string of the molecule is CC(C)(C)c1ccc(CC(=O)C2CCC(CC(=O)c3ccon3)CC2)cc1. The van der Waals surface area contributed by atoms with Crippen LogP contribution in [0.15, 0.2) is 41.1 Å². The average Bonchev–Trinajstić information content (AvgIpc) is 3.17. The van der Waals surface area contributed by atoms with Crippen molar-refractivity contribution >= 4 is 11.6 Å². The predicted molar refractivity (Wildman–Crippen MR) is 105 cm³/mol. The van der Waals surface area contributed by atoms with E-state index in [1.165, 1.54) is 11.8 Å². The molecule has 1 aromatic heterocycles. The van der Waals surface area contributed by atoms with E-state index in [1.54, 1.807) is 6.07 Å². The van der Waals surface area contributed by atoms with Crippen LogP contribution in [0.3, 0.4) is 0 Å². The lowest BCUT2D eigenvalue weighted by Crippen LogP contribution is -2.24. The quantitative estimate of drug-likeness (QED) is 0.661. The number of ketones is 2. The maximum Gasteiger partial charge on any atom is 0.184 e. The molecule has 0 bridgehead atoms. The van der Waals surface area contributed by atoms with Gasteiger partial charge in [0.2, 0.25) is 0 Å². The van der Waals surface area contributed by atoms with Crippen molar-refractivity contribution in [2.75, 3.05) is 0 Å². The van der Waals surface area contributed by atoms with Gasteiger partial charge in [-0.05, 0) is 48.1 Å². The molecule has 0 unspecified atom stereocenters. The molecule has 144 valence electrons. The van der Waals surface area contributed by atoms with Gasteiger partial charge in [0, 0.05) is 24.8 Å². The van der Waals surface area contributed by atoms with E-state index in [9.17, 15) is 9.59 Å². The number of carbonyl (C=O) groups is 2. The molecular formula is C23H29NO3. The lowest BCUT2D eigenvalue weighted by molar-refractivity contribution is -0.123. The minimum Gasteiger partial charge on any atom is -0.364 e. The molecule has 4 nitrogen and oxygen atoms in total. The Kier molecular flexibility index (Phi) is 5.93. The van der Waals surface area contributed by atoms with Gasteiger partial charge in [0.1, 0.15) is 17.7 Å². The number of Topliss-reactive ketones (excluding diaryl/α,β-unsaturated/α-hetero) is 2. The summed E-state index contributed by atoms with van der Waals surface area (Å²) < 4.78 is 4.74. The Morgan fingerprint density at radius 2 is 1.70 bits per heavy atom. The van der Waals surface area contributed by atoms with Crippen LogP contribution in [0.25, 0.3) is 0 Å². The van der Waals surface area contributed by atoms with Gasteiger partial charge in [-0.3, -0.25) is 9.59 Å². The summed E-state index contributed by atoms with van der Waals surface area (Å²) in [5, 5.41) is 3.71. The van der Waals surface area contributed by atoms with Crippen molar-refractivity contribution in [2.45, 2.75) is 64.7 Å². The van der Waals surface area contributed by atoms with Crippen LogP contribution < -0.4 is 0 Å². The molecule has 0 spiro atoms. The highest BCUT2D eigenvalue weighted by Gasteiger charge is 2.28. The third-order valence-corrected chi connectivity index (χ3v) is 5.70. The van der Waals surface area contributed by atoms with Gasteiger partial charge in [-0.25, -0.2) is 0 Å². The van der Waals surface area contributed by atoms with Gasteiger partial charge in [-0.2, -0.15) is 0 Å². The van der Waals surface area contributed by atoms with Gasteiger partial charge < -0.3 is 4.52 Å². The van der Waals surface area contributed by atoms with E-state index in [2.05, 4.69) is 50.2 Å². The maximum atomic E-state index is 12.7. The van der Waals surface area contributed by atoms with Gasteiger partial charge in [-0.15, -0.1) is 0 Å². The molecule has 0 aliphatic heterocycles. The van der Waals surface area contributed by atoms with E-state index >= 15 is 0 Å². The molecule has 3 rings (SSSR count). The number of hydrogen-bond acceptors (Lipinski definition) is 4. The fourth-order valence-electron chi connectivity index (χ4n) is 3.88. The second-order valence-electron chi connectivity index (χ2n) is 8.82. The first-order chi connectivity index (χ1) is 12.8. The lowest BCUT2D eigenvalue weighted by Gasteiger charge is -2.27. The van der Waals surface area contributed by atoms with Crippen molar-refractivity contribution in [1.82, 2.24) is 5.16 Å². The Bertz CT molecular complexity index is 761. The zero-order valence-corrected chi connectivity index (χ0v) is 16.5. The highest BCUT2D eigenvalue weighted by molar-refractivity contribution is 5.94. The summed E-state index contributed by atoms with van der Waals surface area (Å²) in [5.41, 5.74) is 2.92. The number of hydrogen-bond donors (Lipinski definition) is 0. The predicted octanol–water partition coefficient (Wildman–Crippen LogP) is 5.16. The molecule has 1 saturated carbocycles. The van der Waals surface area contributed by atoms with Crippen LogP contribution in [-0.2, 0) is 16.6 Å². The summed E-state index contributed by atoms with van der Waals surface area (Å²) in [5.74, 6) is 0.854. The summed E-state index contributed by atoms with van der Waals surface area (Å²) >= 11 is 0. The average molecular weight is 367 g/mol. The summed E-state index contributed by atoms with van der Waals surface area (Å²) in [6.07, 6.45) is 6.08. The van der Waals surface area contributed by atoms with E-state index < -0.39 is 0 Å². The molecule has 0 amide bonds. The minimum absolute atomic E-state index is 0.0393. The molecule has 1 heterocycles. The molecule has 0 N–H and O–H groups in total. The third kappa shape index (κ3) is 5.15. The second-order valence-corrected chi connectivity index (χ2v) is 8.82. The van der Waals surface area contributed by atoms with Crippen LogP contribution in [0.5, 0.6) is 0 Å². The smallest absolute Gasteiger partial charge is 0.184 e. The summed E-state index contributed by atoms with van der Waals surface area (Å²) in [4.78, 5) is 24.8. The highest BCUT2D eigenvalue weighted by atomic mass is 16.5. The van der Waals surface area contributed by atoms with Crippen LogP contribution in [-0.4, -0.2) is 16.7 Å². The molecule has 2 aromatic rings. The molecule has 0 radical (unpaired) electrons. The highest BCUT2D eigenvalue weighted by Crippen LogP contribution is 2.33. The molecule has 27 heavy (non-hydrogen) atoms. The zero-order valence-electron chi connectivity index (χ0n) is 16.5. The number of benzene rings is 1. The Labute approximate surface area is 161 Å². The van der Waals surface area contributed by atoms with Crippen LogP contribution in [0, 0.1) is 11.8 Å². The van der Waals surface area contributed by atoms with E-state index in [0.29, 0.717) is 30.2 Å². The minimum atomic E-state index is 0.0393. The van der Waals surface area contributed by atoms with E-state index in [-0.39, 0.29) is 17.1 Å². The maximum absolute atomic E-state index is 12.7. The summed E-state index contributed by atoms with van der Waals surface area (Å²) in [7, 11) is 0. The Hall–Kier alpha value is -2.23. The summed E-state index contributed by atoms with van der Waals surface area (Å²) in [6, 6.07) is 10.0. The van der Waals surface area contributed by atoms with Crippen molar-refractivity contribution < 1.29 is 14.1 Å². The molecule has 4 heteroatoms. The van der Waals surface area contributed by atoms with Crippen molar-refractivity contribution in [3.63, 3.8) is 0 Å². The van der Waals surface area contributed by atoms with E-state index in [1.807, 2.05) is 0 Å². The van der Waals surface area contributed by atoms with E-state index in [0.717, 1.165) is 31.2 Å². The molecule has 1 fully saturated rings. The van der Waals surface area contributed by atoms with Crippen LogP contribution in [0.2, 0.25) is 0 Å². The molecule has 0 atom stereocenters. The van der Waals surface area contributed by atoms with Crippen molar-refractivity contribution in [3.8, 4) is 0 Å². The molecular weight excluding hydrogens is 338 g/mol. The van der Waals surface area contributed by atoms with E-state index in [4.69, 9.17) is 4.52 Å². The van der Waals surface area contributed by atoms with Crippen LogP contribution in [0.4, 0.5) is 0 Å².